The van der Waals surface area contributed by atoms with Crippen LogP contribution in [0.4, 0.5) is 5.82 Å². The Morgan fingerprint density at radius 1 is 1.12 bits per heavy atom. The lowest BCUT2D eigenvalue weighted by molar-refractivity contribution is 0.174. The summed E-state index contributed by atoms with van der Waals surface area (Å²) in [5, 5.41) is 4.19. The van der Waals surface area contributed by atoms with E-state index in [4.69, 9.17) is 31.2 Å². The van der Waals surface area contributed by atoms with E-state index in [1.165, 1.54) is 0 Å². The minimum absolute atomic E-state index is 0.258. The Morgan fingerprint density at radius 3 is 2.69 bits per heavy atom. The van der Waals surface area contributed by atoms with Crippen molar-refractivity contribution < 1.29 is 18.9 Å². The van der Waals surface area contributed by atoms with Crippen molar-refractivity contribution in [3.05, 3.63) is 40.7 Å². The van der Waals surface area contributed by atoms with Crippen molar-refractivity contribution >= 4 is 28.9 Å². The summed E-state index contributed by atoms with van der Waals surface area (Å²) < 4.78 is 21.9. The Hall–Kier alpha value is -3.00. The molecule has 8 heteroatoms. The van der Waals surface area contributed by atoms with E-state index in [0.29, 0.717) is 28.6 Å². The van der Waals surface area contributed by atoms with Gasteiger partial charge < -0.3 is 29.2 Å². The van der Waals surface area contributed by atoms with Crippen LogP contribution in [0.2, 0.25) is 0 Å². The summed E-state index contributed by atoms with van der Waals surface area (Å²) in [6.07, 6.45) is 0. The predicted octanol–water partition coefficient (Wildman–Crippen LogP) is 3.65. The summed E-state index contributed by atoms with van der Waals surface area (Å²) >= 11 is 5.25. The minimum atomic E-state index is 0.258. The molecule has 134 valence electrons. The number of ether oxygens (including phenoxy) is 4. The normalized spacial score (nSPS) is 12.2. The third kappa shape index (κ3) is 2.99. The van der Waals surface area contributed by atoms with Crippen LogP contribution < -0.4 is 24.3 Å². The highest BCUT2D eigenvalue weighted by molar-refractivity contribution is 7.71. The Kier molecular flexibility index (Phi) is 4.26. The smallest absolute Gasteiger partial charge is 0.231 e. The second-order valence-electron chi connectivity index (χ2n) is 5.68. The highest BCUT2D eigenvalue weighted by atomic mass is 32.1. The first-order valence-corrected chi connectivity index (χ1v) is 8.37. The van der Waals surface area contributed by atoms with Crippen LogP contribution in [0.5, 0.6) is 23.0 Å². The molecule has 1 aromatic heterocycles. The van der Waals surface area contributed by atoms with Gasteiger partial charge in [0.25, 0.3) is 0 Å². The van der Waals surface area contributed by atoms with Crippen molar-refractivity contribution in [2.75, 3.05) is 26.3 Å². The molecule has 0 bridgehead atoms. The summed E-state index contributed by atoms with van der Waals surface area (Å²) in [5.74, 6) is 3.43. The Bertz CT molecular complexity index is 1030. The molecule has 0 radical (unpaired) electrons. The molecule has 0 amide bonds. The molecule has 0 spiro atoms. The zero-order valence-electron chi connectivity index (χ0n) is 14.3. The summed E-state index contributed by atoms with van der Waals surface area (Å²) in [7, 11) is 3.19. The summed E-state index contributed by atoms with van der Waals surface area (Å²) in [6, 6.07) is 9.54. The fourth-order valence-electron chi connectivity index (χ4n) is 2.85. The monoisotopic (exact) mass is 371 g/mol. The quantitative estimate of drug-likeness (QED) is 0.663. The molecule has 0 aliphatic carbocycles. The van der Waals surface area contributed by atoms with Gasteiger partial charge in [-0.2, -0.15) is 0 Å². The SMILES string of the molecule is COc1cc2[nH]c(=S)nc(NCc3ccc4c(c3)OCO4)c2cc1OC. The van der Waals surface area contributed by atoms with Crippen LogP contribution in [-0.2, 0) is 6.54 Å². The van der Waals surface area contributed by atoms with Gasteiger partial charge in [0.15, 0.2) is 27.8 Å². The molecule has 1 aliphatic heterocycles. The maximum Gasteiger partial charge on any atom is 0.231 e. The third-order valence-electron chi connectivity index (χ3n) is 4.13. The molecule has 4 rings (SSSR count). The molecule has 26 heavy (non-hydrogen) atoms. The maximum atomic E-state index is 5.42. The van der Waals surface area contributed by atoms with Gasteiger partial charge in [0.2, 0.25) is 6.79 Å². The first-order chi connectivity index (χ1) is 12.7. The molecule has 3 aromatic rings. The predicted molar refractivity (Wildman–Crippen MR) is 99.9 cm³/mol. The van der Waals surface area contributed by atoms with Gasteiger partial charge in [0.1, 0.15) is 5.82 Å². The van der Waals surface area contributed by atoms with E-state index in [9.17, 15) is 0 Å². The van der Waals surface area contributed by atoms with Gasteiger partial charge in [-0.25, -0.2) is 4.98 Å². The second-order valence-corrected chi connectivity index (χ2v) is 6.07. The van der Waals surface area contributed by atoms with Crippen molar-refractivity contribution in [1.82, 2.24) is 9.97 Å². The molecule has 2 heterocycles. The Morgan fingerprint density at radius 2 is 1.88 bits per heavy atom. The first kappa shape index (κ1) is 16.5. The molecule has 0 unspecified atom stereocenters. The van der Waals surface area contributed by atoms with E-state index in [1.54, 1.807) is 14.2 Å². The topological polar surface area (TPSA) is 77.6 Å². The zero-order valence-corrected chi connectivity index (χ0v) is 15.1. The number of fused-ring (bicyclic) bond motifs is 2. The second kappa shape index (κ2) is 6.72. The summed E-state index contributed by atoms with van der Waals surface area (Å²) in [6.45, 7) is 0.819. The molecule has 2 aromatic carbocycles. The molecule has 0 saturated heterocycles. The molecule has 0 saturated carbocycles. The van der Waals surface area contributed by atoms with Crippen LogP contribution in [0, 0.1) is 4.77 Å². The number of hydrogen-bond donors (Lipinski definition) is 2. The number of aromatic amines is 1. The third-order valence-corrected chi connectivity index (χ3v) is 4.32. The van der Waals surface area contributed by atoms with Crippen molar-refractivity contribution in [1.29, 1.82) is 0 Å². The average molecular weight is 371 g/mol. The lowest BCUT2D eigenvalue weighted by Gasteiger charge is -2.13. The van der Waals surface area contributed by atoms with Crippen LogP contribution in [-0.4, -0.2) is 31.0 Å². The van der Waals surface area contributed by atoms with Gasteiger partial charge in [-0.3, -0.25) is 0 Å². The van der Waals surface area contributed by atoms with Crippen LogP contribution in [0.3, 0.4) is 0 Å². The van der Waals surface area contributed by atoms with E-state index >= 15 is 0 Å². The molecule has 1 aliphatic rings. The molecule has 0 atom stereocenters. The molecule has 2 N–H and O–H groups in total. The highest BCUT2D eigenvalue weighted by Crippen LogP contribution is 2.35. The van der Waals surface area contributed by atoms with E-state index in [1.807, 2.05) is 30.3 Å². The van der Waals surface area contributed by atoms with Gasteiger partial charge in [0, 0.05) is 18.0 Å². The summed E-state index contributed by atoms with van der Waals surface area (Å²) in [4.78, 5) is 7.50. The number of hydrogen-bond acceptors (Lipinski definition) is 7. The molecular formula is C18H17N3O4S. The lowest BCUT2D eigenvalue weighted by atomic mass is 10.2. The van der Waals surface area contributed by atoms with E-state index in [2.05, 4.69) is 15.3 Å². The van der Waals surface area contributed by atoms with Crippen molar-refractivity contribution in [2.45, 2.75) is 6.54 Å². The number of nitrogens with zero attached hydrogens (tertiary/aromatic N) is 1. The number of rotatable bonds is 5. The number of nitrogens with one attached hydrogen (secondary N) is 2. The van der Waals surface area contributed by atoms with Gasteiger partial charge in [0.05, 0.1) is 19.7 Å². The number of methoxy groups -OCH3 is 2. The Labute approximate surface area is 154 Å². The molecule has 7 nitrogen and oxygen atoms in total. The van der Waals surface area contributed by atoms with Gasteiger partial charge >= 0.3 is 0 Å². The fraction of sp³-hybridized carbons (Fsp3) is 0.222. The van der Waals surface area contributed by atoms with Gasteiger partial charge in [-0.1, -0.05) is 6.07 Å². The van der Waals surface area contributed by atoms with Crippen molar-refractivity contribution in [3.63, 3.8) is 0 Å². The van der Waals surface area contributed by atoms with E-state index in [-0.39, 0.29) is 6.79 Å². The number of benzene rings is 2. The van der Waals surface area contributed by atoms with Gasteiger partial charge in [-0.15, -0.1) is 0 Å². The minimum Gasteiger partial charge on any atom is -0.493 e. The van der Waals surface area contributed by atoms with Crippen LogP contribution in [0.1, 0.15) is 5.56 Å². The number of aromatic nitrogens is 2. The van der Waals surface area contributed by atoms with Crippen molar-refractivity contribution in [3.8, 4) is 23.0 Å². The molecular weight excluding hydrogens is 354 g/mol. The fourth-order valence-corrected chi connectivity index (χ4v) is 3.06. The van der Waals surface area contributed by atoms with Crippen LogP contribution in [0.25, 0.3) is 10.9 Å². The van der Waals surface area contributed by atoms with E-state index < -0.39 is 0 Å². The van der Waals surface area contributed by atoms with E-state index in [0.717, 1.165) is 28.0 Å². The van der Waals surface area contributed by atoms with Crippen molar-refractivity contribution in [2.24, 2.45) is 0 Å². The standard InChI is InChI=1S/C18H17N3O4S/c1-22-14-6-11-12(7-15(14)23-2)20-18(26)21-17(11)19-8-10-3-4-13-16(5-10)25-9-24-13/h3-7H,8-9H2,1-2H3,(H2,19,20,21,26). The van der Waals surface area contributed by atoms with Gasteiger partial charge in [-0.05, 0) is 36.0 Å². The number of H-pyrrole nitrogens is 1. The zero-order chi connectivity index (χ0) is 18.1. The lowest BCUT2D eigenvalue weighted by Crippen LogP contribution is -2.04. The molecule has 0 fully saturated rings. The van der Waals surface area contributed by atoms with Crippen LogP contribution >= 0.6 is 12.2 Å². The summed E-state index contributed by atoms with van der Waals surface area (Å²) in [5.41, 5.74) is 1.86. The average Bonchev–Trinajstić information content (AvgIpc) is 3.12. The highest BCUT2D eigenvalue weighted by Gasteiger charge is 2.14. The maximum absolute atomic E-state index is 5.42. The first-order valence-electron chi connectivity index (χ1n) is 7.96. The Balaban J connectivity index is 1.68. The number of anilines is 1. The van der Waals surface area contributed by atoms with Crippen LogP contribution in [0.15, 0.2) is 30.3 Å². The largest absolute Gasteiger partial charge is 0.493 e.